The molecule has 0 fully saturated rings. The summed E-state index contributed by atoms with van der Waals surface area (Å²) < 4.78 is 40.1. The third kappa shape index (κ3) is 4.49. The maximum absolute atomic E-state index is 12.9. The minimum absolute atomic E-state index is 0.109. The van der Waals surface area contributed by atoms with E-state index in [1.165, 1.54) is 23.4 Å². The maximum Gasteiger partial charge on any atom is 0.416 e. The van der Waals surface area contributed by atoms with Crippen molar-refractivity contribution < 1.29 is 18.0 Å². The Hall–Kier alpha value is -3.52. The van der Waals surface area contributed by atoms with Gasteiger partial charge in [-0.1, -0.05) is 11.6 Å². The second-order valence-electron chi connectivity index (χ2n) is 5.82. The Kier molecular flexibility index (Phi) is 5.47. The van der Waals surface area contributed by atoms with Crippen molar-refractivity contribution >= 4 is 17.5 Å². The van der Waals surface area contributed by atoms with Crippen LogP contribution in [0.5, 0.6) is 0 Å². The van der Waals surface area contributed by atoms with Gasteiger partial charge in [0.1, 0.15) is 12.4 Å². The minimum atomic E-state index is -4.64. The van der Waals surface area contributed by atoms with Gasteiger partial charge in [-0.15, -0.1) is 0 Å². The Labute approximate surface area is 167 Å². The number of halogens is 4. The molecular formula is C17H11ClF3N7O. The van der Waals surface area contributed by atoms with E-state index in [4.69, 9.17) is 16.9 Å². The molecule has 0 saturated heterocycles. The van der Waals surface area contributed by atoms with Crippen LogP contribution in [-0.4, -0.2) is 30.6 Å². The summed E-state index contributed by atoms with van der Waals surface area (Å²) in [5, 5.41) is 15.1. The summed E-state index contributed by atoms with van der Waals surface area (Å²) in [7, 11) is 0. The normalized spacial score (nSPS) is 12.3. The number of carbonyl (C=O) groups is 1. The molecule has 12 heteroatoms. The van der Waals surface area contributed by atoms with Gasteiger partial charge >= 0.3 is 6.18 Å². The van der Waals surface area contributed by atoms with Gasteiger partial charge in [-0.05, 0) is 25.1 Å². The number of rotatable bonds is 4. The first-order chi connectivity index (χ1) is 13.7. The number of carbonyl (C=O) groups excluding carboxylic acids is 1. The van der Waals surface area contributed by atoms with Crippen molar-refractivity contribution in [1.29, 1.82) is 5.26 Å². The first-order valence-electron chi connectivity index (χ1n) is 8.00. The van der Waals surface area contributed by atoms with Crippen molar-refractivity contribution in [2.45, 2.75) is 19.1 Å². The molecule has 8 nitrogen and oxygen atoms in total. The minimum Gasteiger partial charge on any atom is -0.342 e. The van der Waals surface area contributed by atoms with E-state index in [1.54, 1.807) is 6.92 Å². The highest BCUT2D eigenvalue weighted by Crippen LogP contribution is 2.32. The predicted octanol–water partition coefficient (Wildman–Crippen LogP) is 3.09. The van der Waals surface area contributed by atoms with Gasteiger partial charge in [-0.2, -0.15) is 28.2 Å². The summed E-state index contributed by atoms with van der Waals surface area (Å²) in [6, 6.07) is 3.68. The monoisotopic (exact) mass is 421 g/mol. The Bertz CT molecular complexity index is 1090. The van der Waals surface area contributed by atoms with Gasteiger partial charge in [-0.25, -0.2) is 15.0 Å². The molecule has 0 unspecified atom stereocenters. The fourth-order valence-electron chi connectivity index (χ4n) is 2.44. The third-order valence-electron chi connectivity index (χ3n) is 3.77. The lowest BCUT2D eigenvalue weighted by atomic mass is 10.1. The smallest absolute Gasteiger partial charge is 0.342 e. The van der Waals surface area contributed by atoms with Crippen LogP contribution in [0.4, 0.5) is 13.2 Å². The second-order valence-corrected chi connectivity index (χ2v) is 6.26. The van der Waals surface area contributed by atoms with Crippen molar-refractivity contribution in [3.63, 3.8) is 0 Å². The summed E-state index contributed by atoms with van der Waals surface area (Å²) >= 11 is 5.72. The number of benzene rings is 1. The Morgan fingerprint density at radius 2 is 2.00 bits per heavy atom. The molecule has 0 bridgehead atoms. The number of nitrogens with zero attached hydrogens (tertiary/aromatic N) is 6. The molecule has 0 aliphatic carbocycles. The largest absolute Gasteiger partial charge is 0.416 e. The van der Waals surface area contributed by atoms with Crippen LogP contribution in [0.25, 0.3) is 5.82 Å². The molecule has 2 aromatic heterocycles. The van der Waals surface area contributed by atoms with Crippen LogP contribution in [0, 0.1) is 11.3 Å². The van der Waals surface area contributed by atoms with E-state index in [2.05, 4.69) is 25.4 Å². The number of aromatic nitrogens is 5. The molecule has 0 spiro atoms. The molecule has 2 heterocycles. The molecule has 3 rings (SSSR count). The van der Waals surface area contributed by atoms with E-state index in [0.717, 1.165) is 12.1 Å². The molecular weight excluding hydrogens is 411 g/mol. The molecule has 1 N–H and O–H groups in total. The first kappa shape index (κ1) is 20.2. The van der Waals surface area contributed by atoms with E-state index in [0.29, 0.717) is 6.07 Å². The van der Waals surface area contributed by atoms with Gasteiger partial charge in [0.25, 0.3) is 5.91 Å². The highest BCUT2D eigenvalue weighted by Gasteiger charge is 2.32. The summed E-state index contributed by atoms with van der Waals surface area (Å²) in [4.78, 5) is 24.4. The second kappa shape index (κ2) is 7.84. The SMILES string of the molecule is C[C@H](NC(=O)c1cc(Cl)cc(C(F)(F)F)c1)c1ncnn1-c1cnc(C#N)cn1. The Balaban J connectivity index is 1.84. The molecule has 29 heavy (non-hydrogen) atoms. The number of nitrogens with one attached hydrogen (secondary N) is 1. The van der Waals surface area contributed by atoms with Crippen molar-refractivity contribution in [2.24, 2.45) is 0 Å². The van der Waals surface area contributed by atoms with Crippen molar-refractivity contribution in [3.05, 3.63) is 64.6 Å². The van der Waals surface area contributed by atoms with E-state index < -0.39 is 23.7 Å². The number of hydrogen-bond acceptors (Lipinski definition) is 6. The van der Waals surface area contributed by atoms with Crippen LogP contribution in [-0.2, 0) is 6.18 Å². The maximum atomic E-state index is 12.9. The molecule has 148 valence electrons. The molecule has 3 aromatic rings. The summed E-state index contributed by atoms with van der Waals surface area (Å²) in [6.45, 7) is 1.57. The zero-order valence-corrected chi connectivity index (χ0v) is 15.4. The highest BCUT2D eigenvalue weighted by atomic mass is 35.5. The van der Waals surface area contributed by atoms with Gasteiger partial charge in [0.2, 0.25) is 0 Å². The molecule has 0 saturated carbocycles. The zero-order chi connectivity index (χ0) is 21.2. The van der Waals surface area contributed by atoms with Crippen LogP contribution in [0.3, 0.4) is 0 Å². The van der Waals surface area contributed by atoms with Gasteiger partial charge in [0, 0.05) is 10.6 Å². The fraction of sp³-hybridized carbons (Fsp3) is 0.176. The van der Waals surface area contributed by atoms with Crippen molar-refractivity contribution in [1.82, 2.24) is 30.0 Å². The van der Waals surface area contributed by atoms with Gasteiger partial charge in [0.05, 0.1) is 24.0 Å². The van der Waals surface area contributed by atoms with E-state index in [-0.39, 0.29) is 27.9 Å². The van der Waals surface area contributed by atoms with Gasteiger partial charge < -0.3 is 5.32 Å². The Morgan fingerprint density at radius 1 is 1.24 bits per heavy atom. The van der Waals surface area contributed by atoms with Crippen LogP contribution < -0.4 is 5.32 Å². The van der Waals surface area contributed by atoms with Gasteiger partial charge in [0.15, 0.2) is 17.3 Å². The molecule has 0 aliphatic heterocycles. The fourth-order valence-corrected chi connectivity index (χ4v) is 2.67. The number of alkyl halides is 3. The van der Waals surface area contributed by atoms with Crippen LogP contribution in [0.15, 0.2) is 36.9 Å². The average Bonchev–Trinajstić information content (AvgIpc) is 3.17. The topological polar surface area (TPSA) is 109 Å². The number of amides is 1. The molecule has 0 aliphatic rings. The quantitative estimate of drug-likeness (QED) is 0.693. The average molecular weight is 422 g/mol. The van der Waals surface area contributed by atoms with Crippen LogP contribution in [0.2, 0.25) is 5.02 Å². The van der Waals surface area contributed by atoms with E-state index in [9.17, 15) is 18.0 Å². The highest BCUT2D eigenvalue weighted by molar-refractivity contribution is 6.31. The third-order valence-corrected chi connectivity index (χ3v) is 3.98. The summed E-state index contributed by atoms with van der Waals surface area (Å²) in [5.41, 5.74) is -1.17. The number of hydrogen-bond donors (Lipinski definition) is 1. The molecule has 0 radical (unpaired) electrons. The van der Waals surface area contributed by atoms with E-state index >= 15 is 0 Å². The summed E-state index contributed by atoms with van der Waals surface area (Å²) in [6.07, 6.45) is -0.870. The molecule has 1 aromatic carbocycles. The van der Waals surface area contributed by atoms with Crippen LogP contribution >= 0.6 is 11.6 Å². The number of nitriles is 1. The van der Waals surface area contributed by atoms with Gasteiger partial charge in [-0.3, -0.25) is 4.79 Å². The first-order valence-corrected chi connectivity index (χ1v) is 8.38. The lowest BCUT2D eigenvalue weighted by Crippen LogP contribution is -2.29. The lowest BCUT2D eigenvalue weighted by molar-refractivity contribution is -0.137. The lowest BCUT2D eigenvalue weighted by Gasteiger charge is -2.15. The molecule has 1 amide bonds. The summed E-state index contributed by atoms with van der Waals surface area (Å²) in [5.74, 6) is -0.263. The zero-order valence-electron chi connectivity index (χ0n) is 14.6. The Morgan fingerprint density at radius 3 is 2.62 bits per heavy atom. The van der Waals surface area contributed by atoms with E-state index in [1.807, 2.05) is 6.07 Å². The van der Waals surface area contributed by atoms with Crippen molar-refractivity contribution in [3.8, 4) is 11.9 Å². The predicted molar refractivity (Wildman–Crippen MR) is 94.0 cm³/mol. The van der Waals surface area contributed by atoms with Crippen LogP contribution in [0.1, 0.15) is 40.4 Å². The molecule has 1 atom stereocenters. The van der Waals surface area contributed by atoms with Crippen molar-refractivity contribution in [2.75, 3.05) is 0 Å². The standard InChI is InChI=1S/C17H11ClF3N7O/c1-9(15-25-8-26-28(15)14-7-23-13(5-22)6-24-14)27-16(29)10-2-11(17(19,20)21)4-12(18)3-10/h2-4,6-9H,1H3,(H,27,29)/t9-/m0/s1.